The minimum absolute atomic E-state index is 0.325. The van der Waals surface area contributed by atoms with E-state index in [2.05, 4.69) is 15.3 Å². The molecule has 1 aliphatic rings. The Balaban J connectivity index is 1.87. The topological polar surface area (TPSA) is 47.0 Å². The molecule has 4 nitrogen and oxygen atoms in total. The van der Waals surface area contributed by atoms with Gasteiger partial charge in [-0.25, -0.2) is 9.97 Å². The van der Waals surface area contributed by atoms with E-state index in [-0.39, 0.29) is 0 Å². The zero-order chi connectivity index (χ0) is 13.1. The van der Waals surface area contributed by atoms with Crippen molar-refractivity contribution in [3.05, 3.63) is 30.1 Å². The highest BCUT2D eigenvalue weighted by Crippen LogP contribution is 2.22. The van der Waals surface area contributed by atoms with Gasteiger partial charge in [-0.15, -0.1) is 11.6 Å². The summed E-state index contributed by atoms with van der Waals surface area (Å²) < 4.78 is 5.38. The van der Waals surface area contributed by atoms with Crippen LogP contribution >= 0.6 is 11.6 Å². The molecule has 0 aliphatic carbocycles. The maximum Gasteiger partial charge on any atom is 0.146 e. The molecule has 1 aliphatic heterocycles. The zero-order valence-corrected chi connectivity index (χ0v) is 11.4. The molecule has 1 saturated heterocycles. The van der Waals surface area contributed by atoms with Crippen LogP contribution in [0.15, 0.2) is 24.3 Å². The monoisotopic (exact) mass is 277 g/mol. The van der Waals surface area contributed by atoms with Crippen molar-refractivity contribution in [3.63, 3.8) is 0 Å². The third-order valence-electron chi connectivity index (χ3n) is 3.35. The molecule has 1 unspecified atom stereocenters. The molecular formula is C14H16ClN3O. The molecule has 1 N–H and O–H groups in total. The van der Waals surface area contributed by atoms with E-state index in [0.717, 1.165) is 42.9 Å². The molecule has 0 amide bonds. The van der Waals surface area contributed by atoms with Gasteiger partial charge >= 0.3 is 0 Å². The van der Waals surface area contributed by atoms with Crippen LogP contribution in [-0.2, 0) is 10.6 Å². The number of nitrogens with zero attached hydrogens (tertiary/aromatic N) is 2. The molecule has 3 rings (SSSR count). The van der Waals surface area contributed by atoms with E-state index >= 15 is 0 Å². The number of alkyl halides is 1. The number of hydrogen-bond donors (Lipinski definition) is 1. The van der Waals surface area contributed by atoms with Crippen molar-refractivity contribution >= 4 is 28.3 Å². The van der Waals surface area contributed by atoms with Crippen LogP contribution in [-0.4, -0.2) is 29.7 Å². The number of aromatic nitrogens is 2. The third kappa shape index (κ3) is 2.80. The minimum atomic E-state index is 0.325. The second-order valence-corrected chi connectivity index (χ2v) is 5.02. The lowest BCUT2D eigenvalue weighted by atomic mass is 10.1. The zero-order valence-electron chi connectivity index (χ0n) is 10.6. The van der Waals surface area contributed by atoms with Crippen LogP contribution in [0.2, 0.25) is 0 Å². The summed E-state index contributed by atoms with van der Waals surface area (Å²) in [7, 11) is 0. The van der Waals surface area contributed by atoms with E-state index in [0.29, 0.717) is 17.6 Å². The van der Waals surface area contributed by atoms with Crippen LogP contribution in [0.25, 0.3) is 10.9 Å². The number of hydrogen-bond acceptors (Lipinski definition) is 4. The Hall–Kier alpha value is -1.39. The summed E-state index contributed by atoms with van der Waals surface area (Å²) in [4.78, 5) is 8.91. The van der Waals surface area contributed by atoms with Gasteiger partial charge in [-0.2, -0.15) is 0 Å². The summed E-state index contributed by atoms with van der Waals surface area (Å²) >= 11 is 5.85. The van der Waals surface area contributed by atoms with E-state index in [4.69, 9.17) is 16.3 Å². The van der Waals surface area contributed by atoms with Crippen molar-refractivity contribution in [3.8, 4) is 0 Å². The Kier molecular flexibility index (Phi) is 3.80. The van der Waals surface area contributed by atoms with Gasteiger partial charge in [-0.1, -0.05) is 12.1 Å². The van der Waals surface area contributed by atoms with Gasteiger partial charge in [-0.05, 0) is 18.6 Å². The Morgan fingerprint density at radius 1 is 1.32 bits per heavy atom. The highest BCUT2D eigenvalue weighted by atomic mass is 35.5. The normalized spacial score (nSPS) is 18.9. The molecule has 19 heavy (non-hydrogen) atoms. The van der Waals surface area contributed by atoms with E-state index < -0.39 is 0 Å². The smallest absolute Gasteiger partial charge is 0.146 e. The standard InChI is InChI=1S/C14H16ClN3O/c15-7-13-17-12-4-2-1-3-11(12)14(18-13)16-8-10-5-6-19-9-10/h1-4,10H,5-9H2,(H,16,17,18). The Labute approximate surface area is 117 Å². The van der Waals surface area contributed by atoms with Gasteiger partial charge in [0.25, 0.3) is 0 Å². The second kappa shape index (κ2) is 5.72. The van der Waals surface area contributed by atoms with Crippen LogP contribution in [0.3, 0.4) is 0 Å². The second-order valence-electron chi connectivity index (χ2n) is 4.75. The van der Waals surface area contributed by atoms with Gasteiger partial charge in [0.05, 0.1) is 18.0 Å². The number of rotatable bonds is 4. The van der Waals surface area contributed by atoms with E-state index in [9.17, 15) is 0 Å². The number of fused-ring (bicyclic) bond motifs is 1. The lowest BCUT2D eigenvalue weighted by Gasteiger charge is -2.12. The number of benzene rings is 1. The fourth-order valence-corrected chi connectivity index (χ4v) is 2.42. The molecule has 1 atom stereocenters. The fourth-order valence-electron chi connectivity index (χ4n) is 2.30. The van der Waals surface area contributed by atoms with Crippen LogP contribution in [0.1, 0.15) is 12.2 Å². The predicted molar refractivity (Wildman–Crippen MR) is 76.5 cm³/mol. The van der Waals surface area contributed by atoms with Gasteiger partial charge < -0.3 is 10.1 Å². The van der Waals surface area contributed by atoms with Crippen molar-refractivity contribution in [2.75, 3.05) is 25.1 Å². The molecule has 1 aromatic heterocycles. The summed E-state index contributed by atoms with van der Waals surface area (Å²) in [6, 6.07) is 7.98. The van der Waals surface area contributed by atoms with Crippen LogP contribution in [0.5, 0.6) is 0 Å². The number of nitrogens with one attached hydrogen (secondary N) is 1. The highest BCUT2D eigenvalue weighted by molar-refractivity contribution is 6.16. The Morgan fingerprint density at radius 2 is 2.21 bits per heavy atom. The van der Waals surface area contributed by atoms with Gasteiger partial charge in [0.15, 0.2) is 0 Å². The summed E-state index contributed by atoms with van der Waals surface area (Å²) in [6.45, 7) is 2.57. The largest absolute Gasteiger partial charge is 0.381 e. The van der Waals surface area contributed by atoms with Crippen molar-refractivity contribution in [1.29, 1.82) is 0 Å². The molecule has 1 aromatic carbocycles. The van der Waals surface area contributed by atoms with E-state index in [1.807, 2.05) is 24.3 Å². The maximum atomic E-state index is 5.85. The highest BCUT2D eigenvalue weighted by Gasteiger charge is 2.16. The lowest BCUT2D eigenvalue weighted by molar-refractivity contribution is 0.187. The van der Waals surface area contributed by atoms with Gasteiger partial charge in [0.1, 0.15) is 11.6 Å². The maximum absolute atomic E-state index is 5.85. The molecule has 0 saturated carbocycles. The number of halogens is 1. The average molecular weight is 278 g/mol. The summed E-state index contributed by atoms with van der Waals surface area (Å²) in [6.07, 6.45) is 1.11. The molecule has 2 heterocycles. The molecule has 2 aromatic rings. The summed E-state index contributed by atoms with van der Waals surface area (Å²) in [5.41, 5.74) is 0.929. The summed E-state index contributed by atoms with van der Waals surface area (Å²) in [5.74, 6) is 2.42. The van der Waals surface area contributed by atoms with Crippen molar-refractivity contribution in [2.24, 2.45) is 5.92 Å². The van der Waals surface area contributed by atoms with Crippen molar-refractivity contribution in [1.82, 2.24) is 9.97 Å². The van der Waals surface area contributed by atoms with E-state index in [1.165, 1.54) is 0 Å². The first-order chi connectivity index (χ1) is 9.36. The Morgan fingerprint density at radius 3 is 3.00 bits per heavy atom. The predicted octanol–water partition coefficient (Wildman–Crippen LogP) is 2.82. The molecule has 5 heteroatoms. The third-order valence-corrected chi connectivity index (χ3v) is 3.59. The number of para-hydroxylation sites is 1. The van der Waals surface area contributed by atoms with Crippen LogP contribution in [0, 0.1) is 5.92 Å². The summed E-state index contributed by atoms with van der Waals surface area (Å²) in [5, 5.41) is 4.45. The average Bonchev–Trinajstić information content (AvgIpc) is 2.97. The van der Waals surface area contributed by atoms with Crippen LogP contribution < -0.4 is 5.32 Å². The number of anilines is 1. The van der Waals surface area contributed by atoms with Gasteiger partial charge in [0, 0.05) is 24.5 Å². The quantitative estimate of drug-likeness (QED) is 0.873. The first-order valence-corrected chi connectivity index (χ1v) is 7.03. The molecule has 0 bridgehead atoms. The van der Waals surface area contributed by atoms with Crippen molar-refractivity contribution in [2.45, 2.75) is 12.3 Å². The first kappa shape index (κ1) is 12.6. The molecule has 1 fully saturated rings. The number of ether oxygens (including phenoxy) is 1. The van der Waals surface area contributed by atoms with Crippen molar-refractivity contribution < 1.29 is 4.74 Å². The molecular weight excluding hydrogens is 262 g/mol. The first-order valence-electron chi connectivity index (χ1n) is 6.50. The molecule has 100 valence electrons. The van der Waals surface area contributed by atoms with Crippen LogP contribution in [0.4, 0.5) is 5.82 Å². The van der Waals surface area contributed by atoms with Gasteiger partial charge in [-0.3, -0.25) is 0 Å². The molecule has 0 radical (unpaired) electrons. The Bertz CT molecular complexity index is 570. The lowest BCUT2D eigenvalue weighted by Crippen LogP contribution is -2.15. The SMILES string of the molecule is ClCc1nc(NCC2CCOC2)c2ccccc2n1. The molecule has 0 spiro atoms. The fraction of sp³-hybridized carbons (Fsp3) is 0.429. The minimum Gasteiger partial charge on any atom is -0.381 e. The van der Waals surface area contributed by atoms with Gasteiger partial charge in [0.2, 0.25) is 0 Å². The van der Waals surface area contributed by atoms with E-state index in [1.54, 1.807) is 0 Å².